The van der Waals surface area contributed by atoms with Crippen LogP contribution in [0.15, 0.2) is 108 Å². The maximum atomic E-state index is 14.2. The summed E-state index contributed by atoms with van der Waals surface area (Å²) < 4.78 is 29.0. The van der Waals surface area contributed by atoms with Gasteiger partial charge in [0.15, 0.2) is 0 Å². The number of nitrogens with one attached hydrogen (secondary N) is 3. The molecule has 59 heavy (non-hydrogen) atoms. The molecule has 6 aromatic rings. The molecular weight excluding hydrogens is 812 g/mol. The topological polar surface area (TPSA) is 268 Å². The van der Waals surface area contributed by atoms with Gasteiger partial charge in [0.05, 0.1) is 21.8 Å². The van der Waals surface area contributed by atoms with Crippen LogP contribution in [0.2, 0.25) is 5.02 Å². The maximum Gasteiger partial charge on any atom is 0.416 e. The number of benzene rings is 4. The Morgan fingerprint density at radius 2 is 1.54 bits per heavy atom. The molecule has 1 fully saturated rings. The van der Waals surface area contributed by atoms with E-state index in [1.54, 1.807) is 18.2 Å². The van der Waals surface area contributed by atoms with Crippen LogP contribution in [0.25, 0.3) is 16.6 Å². The number of urea groups is 1. The van der Waals surface area contributed by atoms with Crippen molar-refractivity contribution >= 4 is 85.4 Å². The highest BCUT2D eigenvalue weighted by molar-refractivity contribution is 7.90. The number of aromatic nitrogens is 5. The van der Waals surface area contributed by atoms with Gasteiger partial charge >= 0.3 is 29.9 Å². The molecule has 3 heterocycles. The second-order valence-corrected chi connectivity index (χ2v) is 15.0. The van der Waals surface area contributed by atoms with Crippen molar-refractivity contribution in [3.63, 3.8) is 0 Å². The second-order valence-electron chi connectivity index (χ2n) is 12.8. The third kappa shape index (κ3) is 8.26. The van der Waals surface area contributed by atoms with Gasteiger partial charge in [-0.1, -0.05) is 41.9 Å². The van der Waals surface area contributed by atoms with Crippen molar-refractivity contribution in [3.8, 4) is 5.69 Å². The monoisotopic (exact) mass is 840 g/mol. The molecule has 0 radical (unpaired) electrons. The van der Waals surface area contributed by atoms with Gasteiger partial charge in [0.1, 0.15) is 18.1 Å². The summed E-state index contributed by atoms with van der Waals surface area (Å²) in [5, 5.41) is 35.9. The third-order valence-corrected chi connectivity index (χ3v) is 10.7. The summed E-state index contributed by atoms with van der Waals surface area (Å²) in [6.07, 6.45) is -0.391. The zero-order chi connectivity index (χ0) is 42.0. The Morgan fingerprint density at radius 3 is 2.22 bits per heavy atom. The highest BCUT2D eigenvalue weighted by Crippen LogP contribution is 2.30. The number of nitrogens with zero attached hydrogens (tertiary/aromatic N) is 7. The predicted molar refractivity (Wildman–Crippen MR) is 209 cm³/mol. The Bertz CT molecular complexity index is 2760. The van der Waals surface area contributed by atoms with Gasteiger partial charge < -0.3 is 30.6 Å². The number of amides is 5. The molecule has 5 N–H and O–H groups in total. The molecule has 1 aliphatic heterocycles. The molecule has 0 aliphatic carbocycles. The van der Waals surface area contributed by atoms with E-state index in [1.807, 2.05) is 4.72 Å². The Kier molecular flexibility index (Phi) is 10.8. The molecule has 1 unspecified atom stereocenters. The SMILES string of the molecule is O=C(Nc1ccc(CC(C(=O)Nc2ccc3c(c2)cc(C(=O)O)n3C(=O)O)N2CCN(c3cc(Cl)ccc3-n3cnnn3)C(=O)C2=O)cc1)NS(=O)(=O)c1ccccc1. The fourth-order valence-electron chi connectivity index (χ4n) is 6.47. The largest absolute Gasteiger partial charge is 0.477 e. The number of hydrogen-bond donors (Lipinski definition) is 5. The molecule has 0 bridgehead atoms. The summed E-state index contributed by atoms with van der Waals surface area (Å²) in [4.78, 5) is 80.4. The zero-order valence-corrected chi connectivity index (χ0v) is 31.7. The van der Waals surface area contributed by atoms with Gasteiger partial charge in [-0.05, 0) is 82.7 Å². The fourth-order valence-corrected chi connectivity index (χ4v) is 7.56. The first-order chi connectivity index (χ1) is 28.2. The number of fused-ring (bicyclic) bond motifs is 1. The lowest BCUT2D eigenvalue weighted by molar-refractivity contribution is -0.149. The lowest BCUT2D eigenvalue weighted by Crippen LogP contribution is -2.60. The predicted octanol–water partition coefficient (Wildman–Crippen LogP) is 3.43. The highest BCUT2D eigenvalue weighted by Gasteiger charge is 2.41. The van der Waals surface area contributed by atoms with E-state index in [9.17, 15) is 47.4 Å². The molecule has 1 saturated heterocycles. The van der Waals surface area contributed by atoms with Crippen LogP contribution in [-0.2, 0) is 30.8 Å². The molecule has 0 spiro atoms. The number of rotatable bonds is 11. The molecule has 1 aliphatic rings. The number of hydrogen-bond acceptors (Lipinski definition) is 11. The van der Waals surface area contributed by atoms with Crippen LogP contribution in [0.4, 0.5) is 26.7 Å². The molecule has 2 aromatic heterocycles. The minimum absolute atomic E-state index is 0.0449. The third-order valence-electron chi connectivity index (χ3n) is 9.16. The fraction of sp³-hybridized carbons (Fsp3) is 0.108. The van der Waals surface area contributed by atoms with Crippen molar-refractivity contribution in [2.24, 2.45) is 0 Å². The second kappa shape index (κ2) is 16.1. The molecule has 1 atom stereocenters. The van der Waals surface area contributed by atoms with E-state index in [0.717, 1.165) is 11.0 Å². The molecule has 22 heteroatoms. The van der Waals surface area contributed by atoms with Crippen LogP contribution in [0.3, 0.4) is 0 Å². The minimum Gasteiger partial charge on any atom is -0.477 e. The van der Waals surface area contributed by atoms with E-state index in [1.165, 1.54) is 88.7 Å². The van der Waals surface area contributed by atoms with Crippen LogP contribution in [-0.4, -0.2) is 103 Å². The molecular formula is C37H29ClN10O10S. The van der Waals surface area contributed by atoms with Crippen LogP contribution < -0.4 is 20.3 Å². The van der Waals surface area contributed by atoms with Gasteiger partial charge in [-0.2, -0.15) is 4.68 Å². The number of anilines is 3. The van der Waals surface area contributed by atoms with Crippen molar-refractivity contribution in [3.05, 3.63) is 120 Å². The lowest BCUT2D eigenvalue weighted by Gasteiger charge is -2.38. The van der Waals surface area contributed by atoms with Gasteiger partial charge in [-0.3, -0.25) is 14.4 Å². The normalized spacial score (nSPS) is 13.6. The highest BCUT2D eigenvalue weighted by atomic mass is 35.5. The molecule has 0 saturated carbocycles. The van der Waals surface area contributed by atoms with E-state index in [0.29, 0.717) is 15.8 Å². The first-order valence-corrected chi connectivity index (χ1v) is 19.1. The van der Waals surface area contributed by atoms with Crippen LogP contribution in [0.1, 0.15) is 16.1 Å². The number of tetrazole rings is 1. The number of halogens is 1. The first-order valence-electron chi connectivity index (χ1n) is 17.3. The first kappa shape index (κ1) is 39.6. The van der Waals surface area contributed by atoms with Crippen molar-refractivity contribution in [1.29, 1.82) is 0 Å². The van der Waals surface area contributed by atoms with Crippen molar-refractivity contribution < 1.29 is 47.4 Å². The average Bonchev–Trinajstić information content (AvgIpc) is 3.88. The summed E-state index contributed by atoms with van der Waals surface area (Å²) >= 11 is 6.28. The number of aromatic carboxylic acids is 1. The maximum absolute atomic E-state index is 14.2. The van der Waals surface area contributed by atoms with Crippen molar-refractivity contribution in [2.75, 3.05) is 28.6 Å². The Balaban J connectivity index is 1.15. The summed E-state index contributed by atoms with van der Waals surface area (Å²) in [6, 6.07) is 20.6. The molecule has 20 nitrogen and oxygen atoms in total. The van der Waals surface area contributed by atoms with E-state index in [-0.39, 0.29) is 57.4 Å². The minimum atomic E-state index is -4.16. The molecule has 5 amide bonds. The van der Waals surface area contributed by atoms with Crippen LogP contribution in [0.5, 0.6) is 0 Å². The van der Waals surface area contributed by atoms with Crippen LogP contribution >= 0.6 is 11.6 Å². The van der Waals surface area contributed by atoms with Gasteiger partial charge in [0, 0.05) is 41.3 Å². The van der Waals surface area contributed by atoms with E-state index in [2.05, 4.69) is 26.2 Å². The zero-order valence-electron chi connectivity index (χ0n) is 30.1. The van der Waals surface area contributed by atoms with Crippen molar-refractivity contribution in [1.82, 2.24) is 34.4 Å². The summed E-state index contributed by atoms with van der Waals surface area (Å²) in [5.41, 5.74) is 0.890. The number of sulfonamides is 1. The van der Waals surface area contributed by atoms with Crippen molar-refractivity contribution in [2.45, 2.75) is 17.4 Å². The van der Waals surface area contributed by atoms with Gasteiger partial charge in [-0.25, -0.2) is 32.1 Å². The number of carbonyl (C=O) groups excluding carboxylic acids is 4. The summed E-state index contributed by atoms with van der Waals surface area (Å²) in [7, 11) is -4.16. The number of carboxylic acids is 1. The molecule has 7 rings (SSSR count). The average molecular weight is 841 g/mol. The quantitative estimate of drug-likeness (QED) is 0.117. The van der Waals surface area contributed by atoms with E-state index in [4.69, 9.17) is 11.6 Å². The summed E-state index contributed by atoms with van der Waals surface area (Å²) in [6.45, 7) is -0.220. The Labute approximate surface area is 337 Å². The van der Waals surface area contributed by atoms with E-state index >= 15 is 0 Å². The smallest absolute Gasteiger partial charge is 0.416 e. The Hall–Kier alpha value is -7.65. The summed E-state index contributed by atoms with van der Waals surface area (Å²) in [5.74, 6) is -4.26. The molecule has 300 valence electrons. The number of piperazine rings is 1. The lowest BCUT2D eigenvalue weighted by atomic mass is 10.0. The molecule has 4 aromatic carbocycles. The Morgan fingerprint density at radius 1 is 0.814 bits per heavy atom. The van der Waals surface area contributed by atoms with Gasteiger partial charge in [-0.15, -0.1) is 5.10 Å². The van der Waals surface area contributed by atoms with Crippen LogP contribution in [0, 0.1) is 0 Å². The standard InChI is InChI=1S/C37H29ClN10O10S/c38-23-8-12-28(47-20-39-43-44-47)29(19-23)45-14-15-46(34(51)33(45)50)30(32(49)40-25-11-13-27-22(17-25)18-31(35(52)53)48(27)37(55)56)16-21-6-9-24(10-7-21)41-36(54)42-59(57,58)26-4-2-1-3-5-26/h1-13,17-20,30H,14-16H2,(H,40,49)(H,52,53)(H,55,56)(H2,41,42,54). The van der Waals surface area contributed by atoms with E-state index < -0.39 is 57.6 Å². The van der Waals surface area contributed by atoms with Gasteiger partial charge in [0.2, 0.25) is 5.91 Å². The van der Waals surface area contributed by atoms with Gasteiger partial charge in [0.25, 0.3) is 10.0 Å². The number of carboxylic acid groups (broad SMARTS) is 2. The number of carbonyl (C=O) groups is 6.